The first-order valence-electron chi connectivity index (χ1n) is 5.88. The predicted octanol–water partition coefficient (Wildman–Crippen LogP) is 1.43. The number of nitrogens with zero attached hydrogens (tertiary/aromatic N) is 1. The molecule has 1 N–H and O–H groups in total. The number of carbonyl (C=O) groups excluding carboxylic acids is 1. The van der Waals surface area contributed by atoms with Crippen LogP contribution in [0.3, 0.4) is 0 Å². The average molecular weight is 235 g/mol. The van der Waals surface area contributed by atoms with Crippen molar-refractivity contribution in [1.29, 1.82) is 0 Å². The Morgan fingerprint density at radius 3 is 3.00 bits per heavy atom. The van der Waals surface area contributed by atoms with Gasteiger partial charge in [-0.3, -0.25) is 4.79 Å². The SMILES string of the molecule is CCOc1cccc(N2CC(CO)CC2=O)c1. The molecule has 0 aromatic heterocycles. The van der Waals surface area contributed by atoms with E-state index in [4.69, 9.17) is 9.84 Å². The topological polar surface area (TPSA) is 49.8 Å². The summed E-state index contributed by atoms with van der Waals surface area (Å²) >= 11 is 0. The van der Waals surface area contributed by atoms with Crippen LogP contribution in [0.25, 0.3) is 0 Å². The zero-order valence-corrected chi connectivity index (χ0v) is 9.93. The number of anilines is 1. The molecule has 92 valence electrons. The normalized spacial score (nSPS) is 19.8. The number of benzene rings is 1. The molecule has 1 aromatic rings. The van der Waals surface area contributed by atoms with Gasteiger partial charge < -0.3 is 14.7 Å². The van der Waals surface area contributed by atoms with Gasteiger partial charge in [-0.15, -0.1) is 0 Å². The van der Waals surface area contributed by atoms with Gasteiger partial charge in [0, 0.05) is 37.2 Å². The van der Waals surface area contributed by atoms with Crippen molar-refractivity contribution < 1.29 is 14.6 Å². The molecule has 0 spiro atoms. The van der Waals surface area contributed by atoms with Crippen molar-refractivity contribution in [3.05, 3.63) is 24.3 Å². The third kappa shape index (κ3) is 2.58. The minimum Gasteiger partial charge on any atom is -0.494 e. The van der Waals surface area contributed by atoms with Crippen LogP contribution in [-0.4, -0.2) is 30.8 Å². The van der Waals surface area contributed by atoms with E-state index >= 15 is 0 Å². The number of aliphatic hydroxyl groups is 1. The highest BCUT2D eigenvalue weighted by molar-refractivity contribution is 5.95. The van der Waals surface area contributed by atoms with E-state index in [9.17, 15) is 4.79 Å². The summed E-state index contributed by atoms with van der Waals surface area (Å²) in [4.78, 5) is 13.5. The molecule has 4 nitrogen and oxygen atoms in total. The van der Waals surface area contributed by atoms with E-state index in [1.807, 2.05) is 31.2 Å². The van der Waals surface area contributed by atoms with E-state index in [0.717, 1.165) is 11.4 Å². The van der Waals surface area contributed by atoms with Crippen molar-refractivity contribution in [3.8, 4) is 5.75 Å². The van der Waals surface area contributed by atoms with Gasteiger partial charge in [0.25, 0.3) is 0 Å². The standard InChI is InChI=1S/C13H17NO3/c1-2-17-12-5-3-4-11(7-12)14-8-10(9-15)6-13(14)16/h3-5,7,10,15H,2,6,8-9H2,1H3. The smallest absolute Gasteiger partial charge is 0.227 e. The maximum Gasteiger partial charge on any atom is 0.227 e. The molecular weight excluding hydrogens is 218 g/mol. The fraction of sp³-hybridized carbons (Fsp3) is 0.462. The molecule has 1 heterocycles. The van der Waals surface area contributed by atoms with Crippen LogP contribution in [0.4, 0.5) is 5.69 Å². The fourth-order valence-electron chi connectivity index (χ4n) is 2.06. The first kappa shape index (κ1) is 11.9. The number of rotatable bonds is 4. The molecule has 17 heavy (non-hydrogen) atoms. The Labute approximate surface area is 101 Å². The molecule has 1 aromatic carbocycles. The molecule has 1 aliphatic heterocycles. The summed E-state index contributed by atoms with van der Waals surface area (Å²) in [6.45, 7) is 3.18. The third-order valence-corrected chi connectivity index (χ3v) is 2.90. The molecule has 2 rings (SSSR count). The number of hydrogen-bond donors (Lipinski definition) is 1. The lowest BCUT2D eigenvalue weighted by molar-refractivity contribution is -0.117. The van der Waals surface area contributed by atoms with Crippen LogP contribution in [0.5, 0.6) is 5.75 Å². The lowest BCUT2D eigenvalue weighted by Gasteiger charge is -2.17. The number of carbonyl (C=O) groups is 1. The lowest BCUT2D eigenvalue weighted by Crippen LogP contribution is -2.24. The van der Waals surface area contributed by atoms with Crippen LogP contribution >= 0.6 is 0 Å². The van der Waals surface area contributed by atoms with E-state index in [1.54, 1.807) is 4.90 Å². The molecule has 4 heteroatoms. The van der Waals surface area contributed by atoms with E-state index < -0.39 is 0 Å². The molecule has 1 amide bonds. The molecule has 0 saturated carbocycles. The third-order valence-electron chi connectivity index (χ3n) is 2.90. The molecule has 1 atom stereocenters. The van der Waals surface area contributed by atoms with Crippen molar-refractivity contribution in [2.75, 3.05) is 24.7 Å². The Morgan fingerprint density at radius 2 is 2.35 bits per heavy atom. The van der Waals surface area contributed by atoms with Crippen LogP contribution in [-0.2, 0) is 4.79 Å². The second-order valence-electron chi connectivity index (χ2n) is 4.19. The zero-order chi connectivity index (χ0) is 12.3. The fourth-order valence-corrected chi connectivity index (χ4v) is 2.06. The van der Waals surface area contributed by atoms with E-state index in [1.165, 1.54) is 0 Å². The highest BCUT2D eigenvalue weighted by Gasteiger charge is 2.30. The molecule has 1 fully saturated rings. The van der Waals surface area contributed by atoms with Gasteiger partial charge in [0.1, 0.15) is 5.75 Å². The number of hydrogen-bond acceptors (Lipinski definition) is 3. The Kier molecular flexibility index (Phi) is 3.64. The number of aliphatic hydroxyl groups excluding tert-OH is 1. The van der Waals surface area contributed by atoms with Crippen LogP contribution < -0.4 is 9.64 Å². The van der Waals surface area contributed by atoms with Crippen molar-refractivity contribution in [1.82, 2.24) is 0 Å². The molecule has 0 aliphatic carbocycles. The highest BCUT2D eigenvalue weighted by atomic mass is 16.5. The average Bonchev–Trinajstić information content (AvgIpc) is 2.71. The van der Waals surface area contributed by atoms with Gasteiger partial charge in [-0.25, -0.2) is 0 Å². The Balaban J connectivity index is 2.16. The maximum atomic E-state index is 11.8. The first-order chi connectivity index (χ1) is 8.24. The van der Waals surface area contributed by atoms with Gasteiger partial charge in [-0.05, 0) is 19.1 Å². The van der Waals surface area contributed by atoms with Gasteiger partial charge in [0.2, 0.25) is 5.91 Å². The van der Waals surface area contributed by atoms with E-state index in [2.05, 4.69) is 0 Å². The highest BCUT2D eigenvalue weighted by Crippen LogP contribution is 2.27. The summed E-state index contributed by atoms with van der Waals surface area (Å²) in [7, 11) is 0. The van der Waals surface area contributed by atoms with Crippen LogP contribution in [0.1, 0.15) is 13.3 Å². The molecule has 0 bridgehead atoms. The Morgan fingerprint density at radius 1 is 1.53 bits per heavy atom. The summed E-state index contributed by atoms with van der Waals surface area (Å²) < 4.78 is 5.41. The zero-order valence-electron chi connectivity index (χ0n) is 9.93. The summed E-state index contributed by atoms with van der Waals surface area (Å²) in [6, 6.07) is 7.50. The van der Waals surface area contributed by atoms with E-state index in [0.29, 0.717) is 19.6 Å². The summed E-state index contributed by atoms with van der Waals surface area (Å²) in [6.07, 6.45) is 0.426. The maximum absolute atomic E-state index is 11.8. The van der Waals surface area contributed by atoms with Gasteiger partial charge in [-0.2, -0.15) is 0 Å². The van der Waals surface area contributed by atoms with Crippen LogP contribution in [0.2, 0.25) is 0 Å². The van der Waals surface area contributed by atoms with E-state index in [-0.39, 0.29) is 18.4 Å². The largest absolute Gasteiger partial charge is 0.494 e. The predicted molar refractivity (Wildman–Crippen MR) is 65.2 cm³/mol. The number of amides is 1. The summed E-state index contributed by atoms with van der Waals surface area (Å²) in [5.74, 6) is 0.890. The number of ether oxygens (including phenoxy) is 1. The molecule has 1 aliphatic rings. The van der Waals surface area contributed by atoms with Crippen molar-refractivity contribution in [2.45, 2.75) is 13.3 Å². The second-order valence-corrected chi connectivity index (χ2v) is 4.19. The molecular formula is C13H17NO3. The minimum atomic E-state index is 0.0539. The van der Waals surface area contributed by atoms with Gasteiger partial charge in [0.15, 0.2) is 0 Å². The quantitative estimate of drug-likeness (QED) is 0.859. The lowest BCUT2D eigenvalue weighted by atomic mass is 10.1. The van der Waals surface area contributed by atoms with Crippen molar-refractivity contribution in [2.24, 2.45) is 5.92 Å². The van der Waals surface area contributed by atoms with Crippen molar-refractivity contribution >= 4 is 11.6 Å². The molecule has 0 radical (unpaired) electrons. The van der Waals surface area contributed by atoms with Crippen LogP contribution in [0.15, 0.2) is 24.3 Å². The van der Waals surface area contributed by atoms with Crippen LogP contribution in [0, 0.1) is 5.92 Å². The summed E-state index contributed by atoms with van der Waals surface area (Å²) in [5.41, 5.74) is 0.844. The first-order valence-corrected chi connectivity index (χ1v) is 5.88. The van der Waals surface area contributed by atoms with Gasteiger partial charge >= 0.3 is 0 Å². The summed E-state index contributed by atoms with van der Waals surface area (Å²) in [5, 5.41) is 9.08. The molecule has 1 saturated heterocycles. The minimum absolute atomic E-state index is 0.0539. The second kappa shape index (κ2) is 5.19. The van der Waals surface area contributed by atoms with Gasteiger partial charge in [-0.1, -0.05) is 6.07 Å². The monoisotopic (exact) mass is 235 g/mol. The molecule has 1 unspecified atom stereocenters. The van der Waals surface area contributed by atoms with Crippen molar-refractivity contribution in [3.63, 3.8) is 0 Å². The Bertz CT molecular complexity index is 405. The van der Waals surface area contributed by atoms with Gasteiger partial charge in [0.05, 0.1) is 6.61 Å². The Hall–Kier alpha value is -1.55.